The van der Waals surface area contributed by atoms with Crippen LogP contribution in [-0.4, -0.2) is 55.0 Å². The summed E-state index contributed by atoms with van der Waals surface area (Å²) in [6.45, 7) is 4.31. The van der Waals surface area contributed by atoms with Crippen LogP contribution in [0.3, 0.4) is 0 Å². The molecule has 0 saturated heterocycles. The smallest absolute Gasteiger partial charge is 0.313 e. The number of anilines is 1. The van der Waals surface area contributed by atoms with Crippen molar-refractivity contribution in [3.63, 3.8) is 0 Å². The number of rotatable bonds is 6. The fourth-order valence-corrected chi connectivity index (χ4v) is 2.70. The molecular formula is C18H25ClN4O4. The van der Waals surface area contributed by atoms with E-state index in [1.807, 2.05) is 32.8 Å². The molecule has 0 fully saturated rings. The molecule has 2 amide bonds. The molecular weight excluding hydrogens is 372 g/mol. The Labute approximate surface area is 164 Å². The van der Waals surface area contributed by atoms with Crippen molar-refractivity contribution in [2.75, 3.05) is 33.1 Å². The number of benzene rings is 1. The lowest BCUT2D eigenvalue weighted by Crippen LogP contribution is -2.53. The summed E-state index contributed by atoms with van der Waals surface area (Å²) in [6.07, 6.45) is 2.89. The molecule has 0 bridgehead atoms. The zero-order valence-electron chi connectivity index (χ0n) is 16.0. The Hall–Kier alpha value is -2.58. The van der Waals surface area contributed by atoms with E-state index in [4.69, 9.17) is 9.15 Å². The molecule has 148 valence electrons. The standard InChI is InChI=1S/C18H24N4O4.ClH/c1-18(2,10-22(3)4)21-17(24)16(23)20-12-6-7-13(14(8-12)25-5)15-9-19-11-26-15;/h6-9,11H,10H2,1-5H3,(H,20,23)(H,21,24);1H. The fraction of sp³-hybridized carbons (Fsp3) is 0.389. The average Bonchev–Trinajstić information content (AvgIpc) is 3.07. The lowest BCUT2D eigenvalue weighted by molar-refractivity contribution is -0.137. The second-order valence-electron chi connectivity index (χ2n) is 6.81. The number of ether oxygens (including phenoxy) is 1. The number of amides is 2. The number of carbonyl (C=O) groups is 2. The number of aromatic nitrogens is 1. The highest BCUT2D eigenvalue weighted by atomic mass is 35.5. The Morgan fingerprint density at radius 2 is 1.96 bits per heavy atom. The summed E-state index contributed by atoms with van der Waals surface area (Å²) in [7, 11) is 5.31. The number of likely N-dealkylation sites (N-methyl/N-ethyl adjacent to an activating group) is 1. The molecule has 1 aromatic heterocycles. The first-order chi connectivity index (χ1) is 12.2. The van der Waals surface area contributed by atoms with Crippen molar-refractivity contribution < 1.29 is 18.7 Å². The molecule has 0 saturated carbocycles. The van der Waals surface area contributed by atoms with E-state index in [1.165, 1.54) is 13.5 Å². The maximum absolute atomic E-state index is 12.2. The molecule has 0 spiro atoms. The summed E-state index contributed by atoms with van der Waals surface area (Å²) < 4.78 is 10.6. The van der Waals surface area contributed by atoms with E-state index in [-0.39, 0.29) is 12.4 Å². The number of oxazole rings is 1. The van der Waals surface area contributed by atoms with Crippen LogP contribution in [0.5, 0.6) is 5.75 Å². The maximum atomic E-state index is 12.2. The van der Waals surface area contributed by atoms with Crippen molar-refractivity contribution in [2.24, 2.45) is 0 Å². The predicted octanol–water partition coefficient (Wildman–Crippen LogP) is 2.17. The Bertz CT molecular complexity index is 776. The molecule has 0 radical (unpaired) electrons. The van der Waals surface area contributed by atoms with Crippen LogP contribution >= 0.6 is 12.4 Å². The lowest BCUT2D eigenvalue weighted by Gasteiger charge is -2.29. The molecule has 0 atom stereocenters. The Kier molecular flexibility index (Phi) is 7.81. The van der Waals surface area contributed by atoms with Crippen LogP contribution in [-0.2, 0) is 9.59 Å². The first kappa shape index (κ1) is 22.5. The van der Waals surface area contributed by atoms with Crippen LogP contribution in [0.15, 0.2) is 35.2 Å². The van der Waals surface area contributed by atoms with Gasteiger partial charge in [-0.15, -0.1) is 12.4 Å². The molecule has 27 heavy (non-hydrogen) atoms. The molecule has 8 nitrogen and oxygen atoms in total. The monoisotopic (exact) mass is 396 g/mol. The third kappa shape index (κ3) is 6.26. The topological polar surface area (TPSA) is 96.7 Å². The Morgan fingerprint density at radius 1 is 1.26 bits per heavy atom. The molecule has 0 aliphatic heterocycles. The molecule has 1 aromatic carbocycles. The van der Waals surface area contributed by atoms with E-state index in [2.05, 4.69) is 15.6 Å². The largest absolute Gasteiger partial charge is 0.496 e. The van der Waals surface area contributed by atoms with Crippen molar-refractivity contribution in [2.45, 2.75) is 19.4 Å². The van der Waals surface area contributed by atoms with Gasteiger partial charge in [-0.3, -0.25) is 9.59 Å². The molecule has 0 aliphatic carbocycles. The number of nitrogens with zero attached hydrogens (tertiary/aromatic N) is 2. The number of nitrogens with one attached hydrogen (secondary N) is 2. The van der Waals surface area contributed by atoms with Crippen LogP contribution < -0.4 is 15.4 Å². The van der Waals surface area contributed by atoms with Crippen LogP contribution in [0, 0.1) is 0 Å². The fourth-order valence-electron chi connectivity index (χ4n) is 2.70. The van der Waals surface area contributed by atoms with E-state index in [0.29, 0.717) is 29.3 Å². The van der Waals surface area contributed by atoms with Gasteiger partial charge in [-0.1, -0.05) is 0 Å². The van der Waals surface area contributed by atoms with Gasteiger partial charge in [0.25, 0.3) is 0 Å². The number of hydrogen-bond donors (Lipinski definition) is 2. The summed E-state index contributed by atoms with van der Waals surface area (Å²) in [5.41, 5.74) is 0.599. The molecule has 0 unspecified atom stereocenters. The molecule has 2 N–H and O–H groups in total. The van der Waals surface area contributed by atoms with Crippen molar-refractivity contribution in [1.82, 2.24) is 15.2 Å². The predicted molar refractivity (Wildman–Crippen MR) is 105 cm³/mol. The first-order valence-corrected chi connectivity index (χ1v) is 8.07. The lowest BCUT2D eigenvalue weighted by atomic mass is 10.1. The molecule has 1 heterocycles. The molecule has 2 aromatic rings. The second-order valence-corrected chi connectivity index (χ2v) is 6.81. The van der Waals surface area contributed by atoms with Gasteiger partial charge in [-0.05, 0) is 40.1 Å². The SMILES string of the molecule is COc1cc(NC(=O)C(=O)NC(C)(C)CN(C)C)ccc1-c1cnco1.Cl. The zero-order chi connectivity index (χ0) is 19.3. The van der Waals surface area contributed by atoms with E-state index < -0.39 is 17.4 Å². The number of hydrogen-bond acceptors (Lipinski definition) is 6. The summed E-state index contributed by atoms with van der Waals surface area (Å²) in [6, 6.07) is 5.01. The van der Waals surface area contributed by atoms with Crippen molar-refractivity contribution in [3.05, 3.63) is 30.8 Å². The Balaban J connectivity index is 0.00000364. The van der Waals surface area contributed by atoms with Gasteiger partial charge in [0, 0.05) is 23.8 Å². The normalized spacial score (nSPS) is 10.9. The highest BCUT2D eigenvalue weighted by Crippen LogP contribution is 2.32. The highest BCUT2D eigenvalue weighted by molar-refractivity contribution is 6.39. The van der Waals surface area contributed by atoms with Crippen LogP contribution in [0.25, 0.3) is 11.3 Å². The molecule has 0 aliphatic rings. The summed E-state index contributed by atoms with van der Waals surface area (Å²) in [4.78, 5) is 30.1. The minimum Gasteiger partial charge on any atom is -0.496 e. The van der Waals surface area contributed by atoms with Gasteiger partial charge in [-0.2, -0.15) is 0 Å². The van der Waals surface area contributed by atoms with Crippen molar-refractivity contribution in [3.8, 4) is 17.1 Å². The molecule has 2 rings (SSSR count). The first-order valence-electron chi connectivity index (χ1n) is 8.07. The highest BCUT2D eigenvalue weighted by Gasteiger charge is 2.25. The summed E-state index contributed by atoms with van der Waals surface area (Å²) in [5.74, 6) is -0.405. The maximum Gasteiger partial charge on any atom is 0.313 e. The average molecular weight is 397 g/mol. The van der Waals surface area contributed by atoms with E-state index in [9.17, 15) is 9.59 Å². The minimum absolute atomic E-state index is 0. The third-order valence-electron chi connectivity index (χ3n) is 3.53. The zero-order valence-corrected chi connectivity index (χ0v) is 16.8. The van der Waals surface area contributed by atoms with Crippen LogP contribution in [0.2, 0.25) is 0 Å². The van der Waals surface area contributed by atoms with Gasteiger partial charge in [0.1, 0.15) is 5.75 Å². The number of methoxy groups -OCH3 is 1. The quantitative estimate of drug-likeness (QED) is 0.726. The third-order valence-corrected chi connectivity index (χ3v) is 3.53. The van der Waals surface area contributed by atoms with Gasteiger partial charge in [0.05, 0.1) is 18.9 Å². The van der Waals surface area contributed by atoms with Gasteiger partial charge < -0.3 is 24.7 Å². The van der Waals surface area contributed by atoms with Crippen molar-refractivity contribution in [1.29, 1.82) is 0 Å². The van der Waals surface area contributed by atoms with Gasteiger partial charge in [0.2, 0.25) is 0 Å². The van der Waals surface area contributed by atoms with Gasteiger partial charge in [0.15, 0.2) is 12.2 Å². The van der Waals surface area contributed by atoms with E-state index >= 15 is 0 Å². The van der Waals surface area contributed by atoms with Crippen LogP contribution in [0.4, 0.5) is 5.69 Å². The Morgan fingerprint density at radius 3 is 2.52 bits per heavy atom. The van der Waals surface area contributed by atoms with Crippen LogP contribution in [0.1, 0.15) is 13.8 Å². The summed E-state index contributed by atoms with van der Waals surface area (Å²) in [5, 5.41) is 5.30. The molecule has 9 heteroatoms. The number of halogens is 1. The van der Waals surface area contributed by atoms with Crippen molar-refractivity contribution >= 4 is 29.9 Å². The van der Waals surface area contributed by atoms with Gasteiger partial charge >= 0.3 is 11.8 Å². The minimum atomic E-state index is -0.744. The van der Waals surface area contributed by atoms with E-state index in [0.717, 1.165) is 0 Å². The second kappa shape index (κ2) is 9.38. The number of carbonyl (C=O) groups excluding carboxylic acids is 2. The van der Waals surface area contributed by atoms with E-state index in [1.54, 1.807) is 24.4 Å². The summed E-state index contributed by atoms with van der Waals surface area (Å²) >= 11 is 0. The van der Waals surface area contributed by atoms with Gasteiger partial charge in [-0.25, -0.2) is 4.98 Å².